The Morgan fingerprint density at radius 1 is 1.05 bits per heavy atom. The third kappa shape index (κ3) is 2.88. The molecule has 0 aliphatic heterocycles. The van der Waals surface area contributed by atoms with Gasteiger partial charge in [0.15, 0.2) is 11.5 Å². The van der Waals surface area contributed by atoms with Crippen molar-refractivity contribution in [1.29, 1.82) is 0 Å². The third-order valence-electron chi connectivity index (χ3n) is 3.72. The molecule has 116 valence electrons. The van der Waals surface area contributed by atoms with Crippen molar-refractivity contribution < 1.29 is 19.4 Å². The highest BCUT2D eigenvalue weighted by Crippen LogP contribution is 2.41. The minimum atomic E-state index is -0.598. The molecular weight excluding hydrogens is 304 g/mol. The summed E-state index contributed by atoms with van der Waals surface area (Å²) in [4.78, 5) is 11.9. The van der Waals surface area contributed by atoms with Crippen LogP contribution < -0.4 is 4.74 Å². The van der Waals surface area contributed by atoms with Crippen LogP contribution in [-0.4, -0.2) is 18.2 Å². The number of methoxy groups -OCH3 is 1. The average molecular weight is 321 g/mol. The first kappa shape index (κ1) is 16.2. The summed E-state index contributed by atoms with van der Waals surface area (Å²) in [7, 11) is 1.27. The van der Waals surface area contributed by atoms with Crippen molar-refractivity contribution in [2.24, 2.45) is 0 Å². The summed E-state index contributed by atoms with van der Waals surface area (Å²) in [6.07, 6.45) is 0. The van der Waals surface area contributed by atoms with Gasteiger partial charge in [0, 0.05) is 5.02 Å². The molecule has 0 saturated carbocycles. The summed E-state index contributed by atoms with van der Waals surface area (Å²) >= 11 is 5.84. The van der Waals surface area contributed by atoms with Gasteiger partial charge in [-0.05, 0) is 61.7 Å². The predicted octanol–water partition coefficient (Wildman–Crippen LogP) is 4.55. The minimum absolute atomic E-state index is 0.120. The van der Waals surface area contributed by atoms with Gasteiger partial charge in [0.1, 0.15) is 11.3 Å². The number of ether oxygens (including phenoxy) is 2. The van der Waals surface area contributed by atoms with Gasteiger partial charge in [-0.2, -0.15) is 0 Å². The van der Waals surface area contributed by atoms with Crippen LogP contribution in [0.3, 0.4) is 0 Å². The van der Waals surface area contributed by atoms with E-state index in [0.717, 1.165) is 11.1 Å². The van der Waals surface area contributed by atoms with E-state index in [0.29, 0.717) is 16.3 Å². The Morgan fingerprint density at radius 2 is 1.64 bits per heavy atom. The molecule has 2 aromatic rings. The zero-order chi connectivity index (χ0) is 16.4. The van der Waals surface area contributed by atoms with Gasteiger partial charge >= 0.3 is 5.97 Å². The van der Waals surface area contributed by atoms with Gasteiger partial charge in [-0.1, -0.05) is 11.6 Å². The second-order valence-corrected chi connectivity index (χ2v) is 5.41. The summed E-state index contributed by atoms with van der Waals surface area (Å²) in [6, 6.07) is 6.75. The number of halogens is 1. The van der Waals surface area contributed by atoms with E-state index in [1.807, 2.05) is 13.8 Å². The molecule has 22 heavy (non-hydrogen) atoms. The number of hydrogen-bond donors (Lipinski definition) is 1. The van der Waals surface area contributed by atoms with Crippen LogP contribution in [0, 0.1) is 20.8 Å². The Morgan fingerprint density at radius 3 is 2.18 bits per heavy atom. The summed E-state index contributed by atoms with van der Waals surface area (Å²) in [5.41, 5.74) is 2.42. The lowest BCUT2D eigenvalue weighted by Gasteiger charge is -2.18. The molecule has 0 aliphatic carbocycles. The maximum Gasteiger partial charge on any atom is 0.342 e. The molecule has 0 heterocycles. The van der Waals surface area contributed by atoms with E-state index in [2.05, 4.69) is 0 Å². The summed E-state index contributed by atoms with van der Waals surface area (Å²) in [5, 5.41) is 11.0. The van der Waals surface area contributed by atoms with Crippen molar-refractivity contribution in [3.05, 3.63) is 51.5 Å². The number of rotatable bonds is 3. The lowest BCUT2D eigenvalue weighted by Crippen LogP contribution is -2.08. The van der Waals surface area contributed by atoms with Gasteiger partial charge in [0.2, 0.25) is 0 Å². The van der Waals surface area contributed by atoms with Crippen LogP contribution in [0.15, 0.2) is 24.3 Å². The molecule has 0 radical (unpaired) electrons. The van der Waals surface area contributed by atoms with Gasteiger partial charge in [-0.25, -0.2) is 4.79 Å². The molecule has 5 heteroatoms. The van der Waals surface area contributed by atoms with Crippen LogP contribution in [0.2, 0.25) is 5.02 Å². The van der Waals surface area contributed by atoms with Crippen molar-refractivity contribution in [3.8, 4) is 17.2 Å². The van der Waals surface area contributed by atoms with E-state index in [1.165, 1.54) is 7.11 Å². The Balaban J connectivity index is 2.57. The second-order valence-electron chi connectivity index (χ2n) is 4.98. The number of aromatic hydroxyl groups is 1. The smallest absolute Gasteiger partial charge is 0.342 e. The number of carbonyl (C=O) groups excluding carboxylic acids is 1. The molecule has 1 N–H and O–H groups in total. The maximum atomic E-state index is 11.9. The molecule has 2 aromatic carbocycles. The maximum absolute atomic E-state index is 11.9. The minimum Gasteiger partial charge on any atom is -0.504 e. The summed E-state index contributed by atoms with van der Waals surface area (Å²) in [5.74, 6) is -0.0610. The van der Waals surface area contributed by atoms with Crippen LogP contribution in [0.25, 0.3) is 0 Å². The fourth-order valence-electron chi connectivity index (χ4n) is 2.20. The monoisotopic (exact) mass is 320 g/mol. The van der Waals surface area contributed by atoms with Gasteiger partial charge < -0.3 is 14.6 Å². The Labute approximate surface area is 134 Å². The molecule has 0 fully saturated rings. The number of esters is 1. The van der Waals surface area contributed by atoms with Crippen molar-refractivity contribution in [2.45, 2.75) is 20.8 Å². The first-order chi connectivity index (χ1) is 10.4. The quantitative estimate of drug-likeness (QED) is 0.843. The molecule has 0 amide bonds. The molecule has 0 aliphatic rings. The average Bonchev–Trinajstić information content (AvgIpc) is 2.51. The van der Waals surface area contributed by atoms with Gasteiger partial charge in [-0.15, -0.1) is 0 Å². The predicted molar refractivity (Wildman–Crippen MR) is 85.2 cm³/mol. The van der Waals surface area contributed by atoms with Crippen LogP contribution in [-0.2, 0) is 4.74 Å². The Hall–Kier alpha value is -2.20. The molecule has 0 aromatic heterocycles. The van der Waals surface area contributed by atoms with E-state index < -0.39 is 5.97 Å². The number of carbonyl (C=O) groups is 1. The van der Waals surface area contributed by atoms with Crippen molar-refractivity contribution in [2.75, 3.05) is 7.11 Å². The molecular formula is C17H17ClO4. The lowest BCUT2D eigenvalue weighted by molar-refractivity contribution is 0.0596. The van der Waals surface area contributed by atoms with E-state index in [4.69, 9.17) is 21.1 Å². The molecule has 0 spiro atoms. The standard InChI is InChI=1S/C17H17ClO4/c1-9-10(2)14(17(20)21-4)15(19)16(11(9)3)22-13-7-5-12(18)6-8-13/h5-8,19H,1-4H3. The first-order valence-corrected chi connectivity index (χ1v) is 7.09. The van der Waals surface area contributed by atoms with Crippen LogP contribution in [0.5, 0.6) is 17.2 Å². The van der Waals surface area contributed by atoms with Crippen molar-refractivity contribution in [3.63, 3.8) is 0 Å². The molecule has 0 atom stereocenters. The fourth-order valence-corrected chi connectivity index (χ4v) is 2.33. The third-order valence-corrected chi connectivity index (χ3v) is 3.97. The molecule has 4 nitrogen and oxygen atoms in total. The van der Waals surface area contributed by atoms with Crippen LogP contribution >= 0.6 is 11.6 Å². The molecule has 0 saturated heterocycles. The summed E-state index contributed by atoms with van der Waals surface area (Å²) in [6.45, 7) is 5.46. The number of benzene rings is 2. The van der Waals surface area contributed by atoms with Crippen LogP contribution in [0.4, 0.5) is 0 Å². The molecule has 2 rings (SSSR count). The van der Waals surface area contributed by atoms with E-state index >= 15 is 0 Å². The van der Waals surface area contributed by atoms with Gasteiger partial charge in [-0.3, -0.25) is 0 Å². The Bertz CT molecular complexity index is 721. The molecule has 0 bridgehead atoms. The Kier molecular flexibility index (Phi) is 4.62. The highest BCUT2D eigenvalue weighted by atomic mass is 35.5. The summed E-state index contributed by atoms with van der Waals surface area (Å²) < 4.78 is 10.5. The van der Waals surface area contributed by atoms with Crippen LogP contribution in [0.1, 0.15) is 27.0 Å². The normalized spacial score (nSPS) is 10.4. The van der Waals surface area contributed by atoms with Gasteiger partial charge in [0.05, 0.1) is 7.11 Å². The van der Waals surface area contributed by atoms with E-state index in [9.17, 15) is 9.90 Å². The number of hydrogen-bond acceptors (Lipinski definition) is 4. The topological polar surface area (TPSA) is 55.8 Å². The van der Waals surface area contributed by atoms with Crippen molar-refractivity contribution >= 4 is 17.6 Å². The highest BCUT2D eigenvalue weighted by Gasteiger charge is 2.24. The lowest BCUT2D eigenvalue weighted by atomic mass is 9.96. The van der Waals surface area contributed by atoms with E-state index in [1.54, 1.807) is 31.2 Å². The van der Waals surface area contributed by atoms with Gasteiger partial charge in [0.25, 0.3) is 0 Å². The number of phenols is 1. The zero-order valence-electron chi connectivity index (χ0n) is 12.9. The number of phenolic OH excluding ortho intramolecular Hbond substituents is 1. The fraction of sp³-hybridized carbons (Fsp3) is 0.235. The zero-order valence-corrected chi connectivity index (χ0v) is 13.6. The first-order valence-electron chi connectivity index (χ1n) is 6.71. The SMILES string of the molecule is COC(=O)c1c(C)c(C)c(C)c(Oc2ccc(Cl)cc2)c1O. The molecule has 0 unspecified atom stereocenters. The highest BCUT2D eigenvalue weighted by molar-refractivity contribution is 6.30. The van der Waals surface area contributed by atoms with Crippen molar-refractivity contribution in [1.82, 2.24) is 0 Å². The second kappa shape index (κ2) is 6.28. The van der Waals surface area contributed by atoms with E-state index in [-0.39, 0.29) is 17.1 Å². The largest absolute Gasteiger partial charge is 0.504 e.